The van der Waals surface area contributed by atoms with Gasteiger partial charge in [0.25, 0.3) is 11.8 Å². The van der Waals surface area contributed by atoms with Crippen LogP contribution in [0, 0.1) is 0 Å². The van der Waals surface area contributed by atoms with Crippen LogP contribution < -0.4 is 15.4 Å². The molecule has 0 spiro atoms. The van der Waals surface area contributed by atoms with Crippen molar-refractivity contribution in [2.45, 2.75) is 13.0 Å². The highest BCUT2D eigenvalue weighted by atomic mass is 16.5. The molecule has 1 aromatic heterocycles. The van der Waals surface area contributed by atoms with Crippen LogP contribution in [-0.4, -0.2) is 33.2 Å². The van der Waals surface area contributed by atoms with E-state index >= 15 is 0 Å². The molecule has 2 N–H and O–H groups in total. The molecule has 3 aromatic rings. The zero-order valence-corrected chi connectivity index (χ0v) is 16.6. The Bertz CT molecular complexity index is 1210. The first kappa shape index (κ1) is 18.8. The monoisotopic (exact) mass is 413 g/mol. The van der Waals surface area contributed by atoms with Gasteiger partial charge >= 0.3 is 0 Å². The molecule has 0 bridgehead atoms. The van der Waals surface area contributed by atoms with Crippen molar-refractivity contribution in [2.75, 3.05) is 17.2 Å². The highest BCUT2D eigenvalue weighted by Crippen LogP contribution is 2.30. The van der Waals surface area contributed by atoms with Crippen molar-refractivity contribution in [1.82, 2.24) is 14.9 Å². The lowest BCUT2D eigenvalue weighted by atomic mass is 9.97. The number of amides is 2. The van der Waals surface area contributed by atoms with E-state index in [4.69, 9.17) is 10.5 Å². The smallest absolute Gasteiger partial charge is 0.271 e. The molecular weight excluding hydrogens is 394 g/mol. The lowest BCUT2D eigenvalue weighted by Gasteiger charge is -2.29. The van der Waals surface area contributed by atoms with Crippen LogP contribution >= 0.6 is 0 Å². The molecule has 2 amide bonds. The summed E-state index contributed by atoms with van der Waals surface area (Å²) < 4.78 is 5.42. The summed E-state index contributed by atoms with van der Waals surface area (Å²) in [6.45, 7) is 1.18. The molecule has 31 heavy (non-hydrogen) atoms. The van der Waals surface area contributed by atoms with Crippen molar-refractivity contribution < 1.29 is 14.3 Å². The Morgan fingerprint density at radius 3 is 2.71 bits per heavy atom. The van der Waals surface area contributed by atoms with Gasteiger partial charge in [0.05, 0.1) is 0 Å². The Morgan fingerprint density at radius 1 is 1.03 bits per heavy atom. The molecule has 0 radical (unpaired) electrons. The number of benzene rings is 2. The summed E-state index contributed by atoms with van der Waals surface area (Å²) in [6.07, 6.45) is 4.84. The minimum Gasteiger partial charge on any atom is -0.444 e. The number of ether oxygens (including phenoxy) is 1. The fourth-order valence-corrected chi connectivity index (χ4v) is 3.85. The number of anilines is 2. The molecule has 0 unspecified atom stereocenters. The molecule has 2 aliphatic heterocycles. The third kappa shape index (κ3) is 3.38. The predicted octanol–water partition coefficient (Wildman–Crippen LogP) is 2.77. The summed E-state index contributed by atoms with van der Waals surface area (Å²) in [4.78, 5) is 37.3. The number of aromatic nitrogens is 2. The number of carbonyl (C=O) groups is 2. The lowest BCUT2D eigenvalue weighted by Crippen LogP contribution is -2.37. The van der Waals surface area contributed by atoms with E-state index in [2.05, 4.69) is 9.97 Å². The maximum Gasteiger partial charge on any atom is 0.271 e. The summed E-state index contributed by atoms with van der Waals surface area (Å²) in [7, 11) is 0. The first-order valence-electron chi connectivity index (χ1n) is 9.85. The summed E-state index contributed by atoms with van der Waals surface area (Å²) in [6, 6.07) is 15.3. The van der Waals surface area contributed by atoms with Crippen LogP contribution in [0.25, 0.3) is 0 Å². The fourth-order valence-electron chi connectivity index (χ4n) is 3.85. The van der Waals surface area contributed by atoms with E-state index in [0.29, 0.717) is 30.8 Å². The fraction of sp³-hybridized carbons (Fsp3) is 0.130. The van der Waals surface area contributed by atoms with Gasteiger partial charge in [-0.15, -0.1) is 0 Å². The number of hydrogen-bond acceptors (Lipinski definition) is 6. The maximum atomic E-state index is 13.1. The number of nitrogens with zero attached hydrogens (tertiary/aromatic N) is 4. The standard InChI is InChI=1S/C23H19N5O3/c24-20-19-21(26-14-25-20)31-11-10-28(23(19)30)17-6-7-18-16(12-17)8-9-27(22(18)29)13-15-4-2-1-3-5-15/h1-7,10-12,14H,8-9,13H2,(H2,24,25,26). The van der Waals surface area contributed by atoms with Gasteiger partial charge in [-0.25, -0.2) is 9.97 Å². The molecule has 0 aliphatic carbocycles. The van der Waals surface area contributed by atoms with Crippen LogP contribution in [0.5, 0.6) is 5.88 Å². The molecule has 0 fully saturated rings. The summed E-state index contributed by atoms with van der Waals surface area (Å²) in [5, 5.41) is 0. The normalized spacial score (nSPS) is 15.2. The van der Waals surface area contributed by atoms with Gasteiger partial charge in [-0.3, -0.25) is 14.5 Å². The molecule has 0 saturated heterocycles. The van der Waals surface area contributed by atoms with Gasteiger partial charge in [-0.05, 0) is 35.7 Å². The van der Waals surface area contributed by atoms with Gasteiger partial charge in [0.15, 0.2) is 0 Å². The molecule has 8 heteroatoms. The lowest BCUT2D eigenvalue weighted by molar-refractivity contribution is 0.0727. The average molecular weight is 413 g/mol. The topological polar surface area (TPSA) is 102 Å². The summed E-state index contributed by atoms with van der Waals surface area (Å²) >= 11 is 0. The van der Waals surface area contributed by atoms with Gasteiger partial charge in [-0.2, -0.15) is 0 Å². The second kappa shape index (κ2) is 7.56. The summed E-state index contributed by atoms with van der Waals surface area (Å²) in [5.74, 6) is -0.246. The first-order valence-corrected chi connectivity index (χ1v) is 9.85. The Balaban J connectivity index is 1.43. The SMILES string of the molecule is Nc1ncnc2c1C(=O)N(c1ccc3c(c1)CCN(Cc1ccccc1)C3=O)C=CO2. The number of nitrogens with two attached hydrogens (primary N) is 1. The van der Waals surface area contributed by atoms with Gasteiger partial charge in [-0.1, -0.05) is 30.3 Å². The molecule has 0 saturated carbocycles. The van der Waals surface area contributed by atoms with Crippen molar-refractivity contribution in [3.8, 4) is 5.88 Å². The van der Waals surface area contributed by atoms with Crippen molar-refractivity contribution in [1.29, 1.82) is 0 Å². The molecular formula is C23H19N5O3. The van der Waals surface area contributed by atoms with E-state index < -0.39 is 5.91 Å². The van der Waals surface area contributed by atoms with E-state index in [0.717, 1.165) is 11.1 Å². The third-order valence-corrected chi connectivity index (χ3v) is 5.42. The van der Waals surface area contributed by atoms with Crippen molar-refractivity contribution in [2.24, 2.45) is 0 Å². The number of hydrogen-bond donors (Lipinski definition) is 1. The van der Waals surface area contributed by atoms with E-state index in [-0.39, 0.29) is 23.2 Å². The quantitative estimate of drug-likeness (QED) is 0.709. The van der Waals surface area contributed by atoms with Crippen LogP contribution in [-0.2, 0) is 13.0 Å². The summed E-state index contributed by atoms with van der Waals surface area (Å²) in [5.41, 5.74) is 9.25. The molecule has 154 valence electrons. The van der Waals surface area contributed by atoms with Gasteiger partial charge in [0.1, 0.15) is 24.0 Å². The average Bonchev–Trinajstić information content (AvgIpc) is 2.96. The zero-order chi connectivity index (χ0) is 21.4. The maximum absolute atomic E-state index is 13.1. The second-order valence-corrected chi connectivity index (χ2v) is 7.32. The van der Waals surface area contributed by atoms with Crippen molar-refractivity contribution >= 4 is 23.3 Å². The minimum absolute atomic E-state index is 0.0132. The number of nitrogen functional groups attached to an aromatic ring is 1. The van der Waals surface area contributed by atoms with E-state index in [9.17, 15) is 9.59 Å². The van der Waals surface area contributed by atoms with Gasteiger partial charge < -0.3 is 15.4 Å². The molecule has 0 atom stereocenters. The second-order valence-electron chi connectivity index (χ2n) is 7.32. The number of fused-ring (bicyclic) bond motifs is 2. The highest BCUT2D eigenvalue weighted by molar-refractivity contribution is 6.12. The van der Waals surface area contributed by atoms with E-state index in [1.807, 2.05) is 41.3 Å². The largest absolute Gasteiger partial charge is 0.444 e. The molecule has 2 aliphatic rings. The third-order valence-electron chi connectivity index (χ3n) is 5.42. The van der Waals surface area contributed by atoms with Gasteiger partial charge in [0.2, 0.25) is 5.88 Å². The Kier molecular flexibility index (Phi) is 4.59. The zero-order valence-electron chi connectivity index (χ0n) is 16.6. The van der Waals surface area contributed by atoms with E-state index in [1.54, 1.807) is 12.1 Å². The molecule has 8 nitrogen and oxygen atoms in total. The van der Waals surface area contributed by atoms with Crippen LogP contribution in [0.4, 0.5) is 11.5 Å². The van der Waals surface area contributed by atoms with Crippen LogP contribution in [0.1, 0.15) is 31.8 Å². The molecule has 2 aromatic carbocycles. The highest BCUT2D eigenvalue weighted by Gasteiger charge is 2.29. The van der Waals surface area contributed by atoms with Crippen LogP contribution in [0.2, 0.25) is 0 Å². The van der Waals surface area contributed by atoms with Gasteiger partial charge in [0, 0.05) is 30.5 Å². The molecule has 5 rings (SSSR count). The van der Waals surface area contributed by atoms with Crippen molar-refractivity contribution in [3.05, 3.63) is 89.6 Å². The predicted molar refractivity (Wildman–Crippen MR) is 114 cm³/mol. The Morgan fingerprint density at radius 2 is 1.87 bits per heavy atom. The number of rotatable bonds is 3. The number of carbonyl (C=O) groups excluding carboxylic acids is 2. The Hall–Kier alpha value is -4.20. The van der Waals surface area contributed by atoms with Crippen LogP contribution in [0.15, 0.2) is 67.3 Å². The molecule has 3 heterocycles. The minimum atomic E-state index is -0.394. The van der Waals surface area contributed by atoms with E-state index in [1.165, 1.54) is 23.7 Å². The van der Waals surface area contributed by atoms with Crippen LogP contribution in [0.3, 0.4) is 0 Å². The van der Waals surface area contributed by atoms with Crippen molar-refractivity contribution in [3.63, 3.8) is 0 Å². The Labute approximate surface area is 178 Å². The first-order chi connectivity index (χ1) is 15.1.